The molecule has 4 nitrogen and oxygen atoms in total. The van der Waals surface area contributed by atoms with Crippen molar-refractivity contribution < 1.29 is 4.42 Å². The molecular formula is C11H14ClN3O. The van der Waals surface area contributed by atoms with Crippen molar-refractivity contribution in [2.24, 2.45) is 12.8 Å². The van der Waals surface area contributed by atoms with E-state index in [1.807, 2.05) is 23.9 Å². The average Bonchev–Trinajstić information content (AvgIpc) is 2.84. The molecule has 0 aliphatic heterocycles. The summed E-state index contributed by atoms with van der Waals surface area (Å²) in [6, 6.07) is 3.71. The van der Waals surface area contributed by atoms with E-state index in [0.29, 0.717) is 5.22 Å². The summed E-state index contributed by atoms with van der Waals surface area (Å²) in [7, 11) is 1.92. The molecule has 0 saturated heterocycles. The Bertz CT molecular complexity index is 463. The van der Waals surface area contributed by atoms with Gasteiger partial charge in [0.15, 0.2) is 5.22 Å². The molecule has 0 spiro atoms. The fraction of sp³-hybridized carbons (Fsp3) is 0.364. The molecule has 1 atom stereocenters. The molecule has 0 aliphatic carbocycles. The molecule has 0 aromatic carbocycles. The highest BCUT2D eigenvalue weighted by atomic mass is 35.5. The molecule has 86 valence electrons. The van der Waals surface area contributed by atoms with Gasteiger partial charge < -0.3 is 10.2 Å². The molecule has 16 heavy (non-hydrogen) atoms. The van der Waals surface area contributed by atoms with Crippen molar-refractivity contribution in [3.8, 4) is 0 Å². The number of nitrogens with two attached hydrogens (primary N) is 1. The van der Waals surface area contributed by atoms with E-state index in [2.05, 4.69) is 5.10 Å². The van der Waals surface area contributed by atoms with Crippen LogP contribution in [0.5, 0.6) is 0 Å². The van der Waals surface area contributed by atoms with Crippen molar-refractivity contribution in [2.45, 2.75) is 18.9 Å². The average molecular weight is 240 g/mol. The van der Waals surface area contributed by atoms with Crippen LogP contribution < -0.4 is 5.73 Å². The number of nitrogens with zero attached hydrogens (tertiary/aromatic N) is 2. The van der Waals surface area contributed by atoms with Crippen LogP contribution in [0, 0.1) is 0 Å². The Morgan fingerprint density at radius 3 is 2.94 bits per heavy atom. The number of aryl methyl sites for hydroxylation is 2. The standard InChI is InChI=1S/C11H14ClN3O/c1-15-8(4-6-14-15)2-3-10(13)9-5-7-16-11(9)12/h4-7,10H,2-3,13H2,1H3. The SMILES string of the molecule is Cn1nccc1CCC(N)c1ccoc1Cl. The zero-order chi connectivity index (χ0) is 11.5. The van der Waals surface area contributed by atoms with E-state index < -0.39 is 0 Å². The van der Waals surface area contributed by atoms with Crippen LogP contribution in [0.4, 0.5) is 0 Å². The van der Waals surface area contributed by atoms with Crippen LogP contribution in [0.3, 0.4) is 0 Å². The predicted octanol–water partition coefficient (Wildman–Crippen LogP) is 2.30. The molecule has 0 bridgehead atoms. The first-order valence-corrected chi connectivity index (χ1v) is 5.51. The number of aromatic nitrogens is 2. The topological polar surface area (TPSA) is 57.0 Å². The molecule has 0 amide bonds. The van der Waals surface area contributed by atoms with Gasteiger partial charge in [-0.25, -0.2) is 0 Å². The number of halogens is 1. The van der Waals surface area contributed by atoms with Gasteiger partial charge in [0.25, 0.3) is 0 Å². The van der Waals surface area contributed by atoms with E-state index in [1.165, 1.54) is 0 Å². The third-order valence-electron chi connectivity index (χ3n) is 2.68. The van der Waals surface area contributed by atoms with Gasteiger partial charge in [-0.15, -0.1) is 0 Å². The Kier molecular flexibility index (Phi) is 3.31. The molecule has 0 aliphatic rings. The zero-order valence-electron chi connectivity index (χ0n) is 9.06. The smallest absolute Gasteiger partial charge is 0.197 e. The highest BCUT2D eigenvalue weighted by molar-refractivity contribution is 6.29. The van der Waals surface area contributed by atoms with Gasteiger partial charge in [-0.05, 0) is 36.6 Å². The Hall–Kier alpha value is -1.26. The van der Waals surface area contributed by atoms with Crippen LogP contribution in [0.15, 0.2) is 29.0 Å². The molecule has 0 fully saturated rings. The summed E-state index contributed by atoms with van der Waals surface area (Å²) in [6.45, 7) is 0. The van der Waals surface area contributed by atoms with E-state index in [4.69, 9.17) is 21.8 Å². The Balaban J connectivity index is 1.97. The fourth-order valence-electron chi connectivity index (χ4n) is 1.68. The summed E-state index contributed by atoms with van der Waals surface area (Å²) >= 11 is 5.86. The Labute approximate surface area is 99.0 Å². The lowest BCUT2D eigenvalue weighted by Crippen LogP contribution is -2.12. The third-order valence-corrected chi connectivity index (χ3v) is 2.99. The molecule has 2 N–H and O–H groups in total. The van der Waals surface area contributed by atoms with E-state index in [-0.39, 0.29) is 6.04 Å². The lowest BCUT2D eigenvalue weighted by molar-refractivity contribution is 0.554. The van der Waals surface area contributed by atoms with Crippen LogP contribution in [0.2, 0.25) is 5.22 Å². The van der Waals surface area contributed by atoms with Gasteiger partial charge in [0.2, 0.25) is 0 Å². The first-order valence-electron chi connectivity index (χ1n) is 5.14. The molecular weight excluding hydrogens is 226 g/mol. The van der Waals surface area contributed by atoms with E-state index in [0.717, 1.165) is 24.1 Å². The Morgan fingerprint density at radius 1 is 1.56 bits per heavy atom. The lowest BCUT2D eigenvalue weighted by Gasteiger charge is -2.09. The second-order valence-electron chi connectivity index (χ2n) is 3.74. The molecule has 2 aromatic rings. The maximum absolute atomic E-state index is 6.03. The highest BCUT2D eigenvalue weighted by Crippen LogP contribution is 2.25. The lowest BCUT2D eigenvalue weighted by atomic mass is 10.1. The van der Waals surface area contributed by atoms with Gasteiger partial charge in [0, 0.05) is 30.5 Å². The van der Waals surface area contributed by atoms with Gasteiger partial charge in [-0.2, -0.15) is 5.10 Å². The van der Waals surface area contributed by atoms with E-state index in [1.54, 1.807) is 12.5 Å². The maximum Gasteiger partial charge on any atom is 0.197 e. The van der Waals surface area contributed by atoms with Crippen LogP contribution in [0.25, 0.3) is 0 Å². The predicted molar refractivity (Wildman–Crippen MR) is 62.2 cm³/mol. The van der Waals surface area contributed by atoms with Gasteiger partial charge in [0.05, 0.1) is 6.26 Å². The molecule has 0 radical (unpaired) electrons. The number of hydrogen-bond acceptors (Lipinski definition) is 3. The van der Waals surface area contributed by atoms with Gasteiger partial charge in [-0.1, -0.05) is 0 Å². The summed E-state index contributed by atoms with van der Waals surface area (Å²) in [5, 5.41) is 4.49. The first kappa shape index (κ1) is 11.2. The van der Waals surface area contributed by atoms with Crippen LogP contribution in [0.1, 0.15) is 23.7 Å². The molecule has 5 heteroatoms. The largest absolute Gasteiger partial charge is 0.453 e. The maximum atomic E-state index is 6.03. The van der Waals surface area contributed by atoms with Crippen LogP contribution >= 0.6 is 11.6 Å². The minimum absolute atomic E-state index is 0.0962. The van der Waals surface area contributed by atoms with Crippen LogP contribution in [-0.4, -0.2) is 9.78 Å². The number of rotatable bonds is 4. The molecule has 1 unspecified atom stereocenters. The van der Waals surface area contributed by atoms with Crippen molar-refractivity contribution in [1.29, 1.82) is 0 Å². The first-order chi connectivity index (χ1) is 7.68. The molecule has 2 heterocycles. The summed E-state index contributed by atoms with van der Waals surface area (Å²) < 4.78 is 6.87. The van der Waals surface area contributed by atoms with Crippen molar-refractivity contribution in [2.75, 3.05) is 0 Å². The summed E-state index contributed by atoms with van der Waals surface area (Å²) in [6.07, 6.45) is 5.03. The minimum atomic E-state index is -0.0962. The normalized spacial score (nSPS) is 12.9. The van der Waals surface area contributed by atoms with Crippen molar-refractivity contribution >= 4 is 11.6 Å². The number of furan rings is 1. The summed E-state index contributed by atoms with van der Waals surface area (Å²) in [5.74, 6) is 0. The second-order valence-corrected chi connectivity index (χ2v) is 4.08. The molecule has 2 rings (SSSR count). The quantitative estimate of drug-likeness (QED) is 0.891. The molecule has 2 aromatic heterocycles. The van der Waals surface area contributed by atoms with Crippen molar-refractivity contribution in [3.05, 3.63) is 41.1 Å². The zero-order valence-corrected chi connectivity index (χ0v) is 9.81. The van der Waals surface area contributed by atoms with Crippen molar-refractivity contribution in [3.63, 3.8) is 0 Å². The minimum Gasteiger partial charge on any atom is -0.453 e. The third kappa shape index (κ3) is 2.28. The van der Waals surface area contributed by atoms with Crippen LogP contribution in [-0.2, 0) is 13.5 Å². The van der Waals surface area contributed by atoms with E-state index >= 15 is 0 Å². The summed E-state index contributed by atoms with van der Waals surface area (Å²) in [4.78, 5) is 0. The second kappa shape index (κ2) is 4.72. The number of hydrogen-bond donors (Lipinski definition) is 1. The molecule has 0 saturated carbocycles. The Morgan fingerprint density at radius 2 is 2.38 bits per heavy atom. The fourth-order valence-corrected chi connectivity index (χ4v) is 1.93. The van der Waals surface area contributed by atoms with Crippen molar-refractivity contribution in [1.82, 2.24) is 9.78 Å². The summed E-state index contributed by atoms with van der Waals surface area (Å²) in [5.41, 5.74) is 8.06. The monoisotopic (exact) mass is 239 g/mol. The van der Waals surface area contributed by atoms with E-state index in [9.17, 15) is 0 Å². The van der Waals surface area contributed by atoms with Gasteiger partial charge in [0.1, 0.15) is 0 Å². The highest BCUT2D eigenvalue weighted by Gasteiger charge is 2.13. The van der Waals surface area contributed by atoms with Gasteiger partial charge >= 0.3 is 0 Å². The van der Waals surface area contributed by atoms with Gasteiger partial charge in [-0.3, -0.25) is 4.68 Å².